The predicted octanol–water partition coefficient (Wildman–Crippen LogP) is 1.85. The standard InChI is InChI=1S/C9H6NO2/c11-8-3-1-7(2-4-8)9-5-6-10-12-9/h1-5,11H. The minimum absolute atomic E-state index is 0.238. The molecule has 0 saturated heterocycles. The van der Waals surface area contributed by atoms with Crippen LogP contribution in [0.3, 0.4) is 0 Å². The van der Waals surface area contributed by atoms with Crippen molar-refractivity contribution in [2.75, 3.05) is 0 Å². The molecule has 2 aromatic rings. The molecular weight excluding hydrogens is 154 g/mol. The van der Waals surface area contributed by atoms with Gasteiger partial charge in [0.05, 0.1) is 0 Å². The van der Waals surface area contributed by atoms with Crippen LogP contribution in [0.1, 0.15) is 0 Å². The lowest BCUT2D eigenvalue weighted by Gasteiger charge is -1.94. The van der Waals surface area contributed by atoms with E-state index in [9.17, 15) is 0 Å². The lowest BCUT2D eigenvalue weighted by molar-refractivity contribution is 0.430. The van der Waals surface area contributed by atoms with Crippen molar-refractivity contribution in [1.82, 2.24) is 5.16 Å². The lowest BCUT2D eigenvalue weighted by Crippen LogP contribution is -1.71. The first-order valence-electron chi connectivity index (χ1n) is 3.48. The van der Waals surface area contributed by atoms with Crippen molar-refractivity contribution < 1.29 is 9.63 Å². The highest BCUT2D eigenvalue weighted by molar-refractivity contribution is 5.57. The van der Waals surface area contributed by atoms with Crippen LogP contribution in [0.5, 0.6) is 5.75 Å². The molecule has 0 aliphatic heterocycles. The zero-order valence-corrected chi connectivity index (χ0v) is 6.19. The summed E-state index contributed by atoms with van der Waals surface area (Å²) in [6, 6.07) is 8.34. The Labute approximate surface area is 69.2 Å². The third kappa shape index (κ3) is 1.16. The Morgan fingerprint density at radius 3 is 2.58 bits per heavy atom. The number of phenolic OH excluding ortho intramolecular Hbond substituents is 1. The number of aromatic hydroxyl groups is 1. The van der Waals surface area contributed by atoms with Crippen molar-refractivity contribution in [2.45, 2.75) is 0 Å². The number of nitrogens with zero attached hydrogens (tertiary/aromatic N) is 1. The van der Waals surface area contributed by atoms with Crippen molar-refractivity contribution >= 4 is 0 Å². The van der Waals surface area contributed by atoms with Crippen LogP contribution in [0.25, 0.3) is 11.3 Å². The van der Waals surface area contributed by atoms with Gasteiger partial charge in [0.15, 0.2) is 5.76 Å². The van der Waals surface area contributed by atoms with Crippen LogP contribution >= 0.6 is 0 Å². The van der Waals surface area contributed by atoms with Gasteiger partial charge in [-0.1, -0.05) is 5.16 Å². The minimum atomic E-state index is 0.238. The minimum Gasteiger partial charge on any atom is -0.508 e. The van der Waals surface area contributed by atoms with Crippen molar-refractivity contribution in [3.05, 3.63) is 36.5 Å². The highest BCUT2D eigenvalue weighted by Crippen LogP contribution is 2.20. The van der Waals surface area contributed by atoms with Gasteiger partial charge >= 0.3 is 0 Å². The van der Waals surface area contributed by atoms with Crippen LogP contribution in [0.2, 0.25) is 0 Å². The summed E-state index contributed by atoms with van der Waals surface area (Å²) < 4.78 is 4.87. The molecule has 0 atom stereocenters. The predicted molar refractivity (Wildman–Crippen MR) is 42.4 cm³/mol. The molecule has 59 valence electrons. The monoisotopic (exact) mass is 160 g/mol. The molecule has 0 unspecified atom stereocenters. The Hall–Kier alpha value is -1.77. The van der Waals surface area contributed by atoms with Crippen LogP contribution < -0.4 is 0 Å². The zero-order chi connectivity index (χ0) is 8.39. The highest BCUT2D eigenvalue weighted by atomic mass is 16.5. The van der Waals surface area contributed by atoms with E-state index >= 15 is 0 Å². The topological polar surface area (TPSA) is 46.3 Å². The molecule has 1 N–H and O–H groups in total. The molecule has 1 aromatic heterocycles. The van der Waals surface area contributed by atoms with E-state index in [-0.39, 0.29) is 5.75 Å². The summed E-state index contributed by atoms with van der Waals surface area (Å²) >= 11 is 0. The first-order valence-corrected chi connectivity index (χ1v) is 3.48. The molecule has 2 rings (SSSR count). The fraction of sp³-hybridized carbons (Fsp3) is 0. The maximum absolute atomic E-state index is 9.00. The van der Waals surface area contributed by atoms with Crippen molar-refractivity contribution in [2.24, 2.45) is 0 Å². The van der Waals surface area contributed by atoms with Gasteiger partial charge in [-0.25, -0.2) is 0 Å². The fourth-order valence-corrected chi connectivity index (χ4v) is 0.949. The van der Waals surface area contributed by atoms with Gasteiger partial charge in [0.1, 0.15) is 11.9 Å². The molecule has 0 saturated carbocycles. The van der Waals surface area contributed by atoms with Crippen LogP contribution in [0.4, 0.5) is 0 Å². The van der Waals surface area contributed by atoms with Crippen molar-refractivity contribution in [3.63, 3.8) is 0 Å². The summed E-state index contributed by atoms with van der Waals surface area (Å²) in [5.41, 5.74) is 0.876. The summed E-state index contributed by atoms with van der Waals surface area (Å²) in [7, 11) is 0. The second kappa shape index (κ2) is 2.70. The molecule has 0 aliphatic rings. The molecule has 0 fully saturated rings. The Morgan fingerprint density at radius 1 is 1.25 bits per heavy atom. The quantitative estimate of drug-likeness (QED) is 0.692. The van der Waals surface area contributed by atoms with Gasteiger partial charge in [0, 0.05) is 11.6 Å². The normalized spacial score (nSPS) is 10.0. The number of benzene rings is 1. The Kier molecular flexibility index (Phi) is 1.55. The fourth-order valence-electron chi connectivity index (χ4n) is 0.949. The van der Waals surface area contributed by atoms with Gasteiger partial charge in [-0.05, 0) is 24.3 Å². The van der Waals surface area contributed by atoms with Gasteiger partial charge in [0.2, 0.25) is 0 Å². The van der Waals surface area contributed by atoms with E-state index in [1.807, 2.05) is 0 Å². The molecule has 3 nitrogen and oxygen atoms in total. The molecule has 12 heavy (non-hydrogen) atoms. The summed E-state index contributed by atoms with van der Waals surface area (Å²) in [5.74, 6) is 0.886. The SMILES string of the molecule is Oc1ccc(-c2c[c]no2)cc1. The van der Waals surface area contributed by atoms with E-state index in [2.05, 4.69) is 11.4 Å². The highest BCUT2D eigenvalue weighted by Gasteiger charge is 2.00. The van der Waals surface area contributed by atoms with Gasteiger partial charge < -0.3 is 9.63 Å². The number of phenols is 1. The van der Waals surface area contributed by atoms with Crippen molar-refractivity contribution in [3.8, 4) is 17.1 Å². The molecule has 1 aromatic carbocycles. The third-order valence-electron chi connectivity index (χ3n) is 1.54. The van der Waals surface area contributed by atoms with E-state index in [1.165, 1.54) is 0 Å². The molecule has 1 radical (unpaired) electrons. The second-order valence-corrected chi connectivity index (χ2v) is 2.37. The number of rotatable bonds is 1. The second-order valence-electron chi connectivity index (χ2n) is 2.37. The summed E-state index contributed by atoms with van der Waals surface area (Å²) in [5, 5.41) is 12.5. The average molecular weight is 160 g/mol. The first-order chi connectivity index (χ1) is 5.86. The zero-order valence-electron chi connectivity index (χ0n) is 6.19. The molecule has 0 bridgehead atoms. The number of hydrogen-bond donors (Lipinski definition) is 1. The Bertz CT molecular complexity index is 351. The lowest BCUT2D eigenvalue weighted by atomic mass is 10.2. The number of aromatic nitrogens is 1. The Balaban J connectivity index is 2.43. The summed E-state index contributed by atoms with van der Waals surface area (Å²) in [6.07, 6.45) is 2.56. The summed E-state index contributed by atoms with van der Waals surface area (Å²) in [4.78, 5) is 0. The smallest absolute Gasteiger partial charge is 0.167 e. The van der Waals surface area contributed by atoms with Gasteiger partial charge in [0.25, 0.3) is 0 Å². The molecule has 0 amide bonds. The van der Waals surface area contributed by atoms with E-state index in [0.717, 1.165) is 5.56 Å². The maximum Gasteiger partial charge on any atom is 0.167 e. The van der Waals surface area contributed by atoms with E-state index < -0.39 is 0 Å². The van der Waals surface area contributed by atoms with E-state index in [4.69, 9.17) is 9.63 Å². The number of hydrogen-bond acceptors (Lipinski definition) is 3. The van der Waals surface area contributed by atoms with Gasteiger partial charge in [-0.15, -0.1) is 0 Å². The summed E-state index contributed by atoms with van der Waals surface area (Å²) in [6.45, 7) is 0. The van der Waals surface area contributed by atoms with Crippen LogP contribution in [0.15, 0.2) is 34.9 Å². The average Bonchev–Trinajstić information content (AvgIpc) is 2.58. The van der Waals surface area contributed by atoms with Gasteiger partial charge in [-0.3, -0.25) is 0 Å². The largest absolute Gasteiger partial charge is 0.508 e. The molecular formula is C9H6NO2. The maximum atomic E-state index is 9.00. The third-order valence-corrected chi connectivity index (χ3v) is 1.54. The van der Waals surface area contributed by atoms with Crippen molar-refractivity contribution in [1.29, 1.82) is 0 Å². The molecule has 0 aliphatic carbocycles. The van der Waals surface area contributed by atoms with Crippen LogP contribution in [-0.4, -0.2) is 10.3 Å². The van der Waals surface area contributed by atoms with Crippen LogP contribution in [0, 0.1) is 6.20 Å². The van der Waals surface area contributed by atoms with E-state index in [1.54, 1.807) is 30.3 Å². The van der Waals surface area contributed by atoms with E-state index in [0.29, 0.717) is 5.76 Å². The van der Waals surface area contributed by atoms with Gasteiger partial charge in [-0.2, -0.15) is 0 Å². The van der Waals surface area contributed by atoms with Crippen LogP contribution in [-0.2, 0) is 0 Å². The Morgan fingerprint density at radius 2 is 2.00 bits per heavy atom. The molecule has 1 heterocycles. The first kappa shape index (κ1) is 6.91. The molecule has 0 spiro atoms. The molecule has 3 heteroatoms.